The van der Waals surface area contributed by atoms with Gasteiger partial charge in [-0.05, 0) is 30.4 Å². The number of nitrogens with one attached hydrogen (secondary N) is 2. The molecule has 3 rings (SSSR count). The number of urea groups is 1. The van der Waals surface area contributed by atoms with E-state index in [2.05, 4.69) is 21.6 Å². The van der Waals surface area contributed by atoms with E-state index in [1.165, 1.54) is 4.88 Å². The molecule has 1 atom stereocenters. The smallest absolute Gasteiger partial charge is 0.318 e. The molecule has 1 fully saturated rings. The van der Waals surface area contributed by atoms with Gasteiger partial charge in [0, 0.05) is 24.2 Å². The van der Waals surface area contributed by atoms with Gasteiger partial charge in [0.1, 0.15) is 0 Å². The van der Waals surface area contributed by atoms with Crippen molar-refractivity contribution in [1.29, 1.82) is 0 Å². The van der Waals surface area contributed by atoms with Gasteiger partial charge in [-0.3, -0.25) is 5.10 Å². The van der Waals surface area contributed by atoms with Crippen LogP contribution in [0, 0.1) is 0 Å². The van der Waals surface area contributed by atoms with Crippen molar-refractivity contribution in [2.45, 2.75) is 32.0 Å². The Morgan fingerprint density at radius 2 is 2.50 bits per heavy atom. The van der Waals surface area contributed by atoms with Crippen molar-refractivity contribution in [3.05, 3.63) is 40.3 Å². The zero-order valence-corrected chi connectivity index (χ0v) is 13.1. The molecule has 118 valence electrons. The first-order valence-corrected chi connectivity index (χ1v) is 8.34. The second kappa shape index (κ2) is 7.42. The topological polar surface area (TPSA) is 70.2 Å². The summed E-state index contributed by atoms with van der Waals surface area (Å²) in [5, 5.41) is 11.7. The number of nitrogens with zero attached hydrogens (tertiary/aromatic N) is 2. The number of hydrogen-bond donors (Lipinski definition) is 2. The molecule has 0 unspecified atom stereocenters. The van der Waals surface area contributed by atoms with Crippen molar-refractivity contribution in [3.8, 4) is 0 Å². The minimum absolute atomic E-state index is 0.0708. The van der Waals surface area contributed by atoms with Crippen LogP contribution in [-0.2, 0) is 17.8 Å². The summed E-state index contributed by atoms with van der Waals surface area (Å²) < 4.78 is 5.67. The fourth-order valence-corrected chi connectivity index (χ4v) is 3.23. The van der Waals surface area contributed by atoms with Crippen LogP contribution in [-0.4, -0.2) is 40.4 Å². The van der Waals surface area contributed by atoms with Crippen LogP contribution in [0.5, 0.6) is 0 Å². The second-order valence-electron chi connectivity index (χ2n) is 5.34. The Kier molecular flexibility index (Phi) is 5.07. The molecule has 6 nitrogen and oxygen atoms in total. The quantitative estimate of drug-likeness (QED) is 0.858. The van der Waals surface area contributed by atoms with E-state index in [1.807, 2.05) is 22.4 Å². The first kappa shape index (κ1) is 15.1. The number of ether oxygens (including phenoxy) is 1. The molecule has 0 aromatic carbocycles. The largest absolute Gasteiger partial charge is 0.376 e. The molecular formula is C15H20N4O2S. The minimum atomic E-state index is -0.0708. The first-order chi connectivity index (χ1) is 10.8. The van der Waals surface area contributed by atoms with Crippen molar-refractivity contribution in [2.24, 2.45) is 0 Å². The molecule has 1 saturated heterocycles. The molecule has 0 bridgehead atoms. The summed E-state index contributed by atoms with van der Waals surface area (Å²) in [5.41, 5.74) is 0.890. The third-order valence-electron chi connectivity index (χ3n) is 3.65. The van der Waals surface area contributed by atoms with Gasteiger partial charge in [-0.1, -0.05) is 6.07 Å². The lowest BCUT2D eigenvalue weighted by atomic mass is 10.2. The third-order valence-corrected chi connectivity index (χ3v) is 4.51. The average Bonchev–Trinajstić information content (AvgIpc) is 3.27. The number of H-pyrrole nitrogens is 1. The van der Waals surface area contributed by atoms with Gasteiger partial charge in [0.15, 0.2) is 0 Å². The summed E-state index contributed by atoms with van der Waals surface area (Å²) in [5.74, 6) is 0. The summed E-state index contributed by atoms with van der Waals surface area (Å²) >= 11 is 1.66. The standard InChI is InChI=1S/C15H20N4O2S/c20-15(16-9-12-5-6-17-18-12)19(10-13-3-1-7-21-13)11-14-4-2-8-22-14/h2,4-6,8,13H,1,3,7,9-11H2,(H,16,20)(H,17,18)/t13-/m1/s1. The average molecular weight is 320 g/mol. The van der Waals surface area contributed by atoms with Gasteiger partial charge in [0.2, 0.25) is 0 Å². The molecule has 2 aromatic rings. The number of thiophene rings is 1. The minimum Gasteiger partial charge on any atom is -0.376 e. The van der Waals surface area contributed by atoms with Crippen LogP contribution in [0.3, 0.4) is 0 Å². The third kappa shape index (κ3) is 4.08. The van der Waals surface area contributed by atoms with Crippen LogP contribution >= 0.6 is 11.3 Å². The predicted octanol–water partition coefficient (Wildman–Crippen LogP) is 2.36. The van der Waals surface area contributed by atoms with E-state index in [0.717, 1.165) is 25.1 Å². The molecule has 3 heterocycles. The number of carbonyl (C=O) groups is 1. The number of aromatic amines is 1. The highest BCUT2D eigenvalue weighted by atomic mass is 32.1. The van der Waals surface area contributed by atoms with Crippen LogP contribution in [0.1, 0.15) is 23.4 Å². The normalized spacial score (nSPS) is 17.5. The molecular weight excluding hydrogens is 300 g/mol. The van der Waals surface area contributed by atoms with E-state index in [-0.39, 0.29) is 12.1 Å². The first-order valence-electron chi connectivity index (χ1n) is 7.46. The molecule has 22 heavy (non-hydrogen) atoms. The number of rotatable bonds is 6. The Bertz CT molecular complexity index is 564. The summed E-state index contributed by atoms with van der Waals surface area (Å²) in [6.45, 7) is 2.50. The van der Waals surface area contributed by atoms with Crippen molar-refractivity contribution >= 4 is 17.4 Å². The number of amides is 2. The molecule has 0 spiro atoms. The van der Waals surface area contributed by atoms with Gasteiger partial charge in [-0.2, -0.15) is 5.10 Å². The van der Waals surface area contributed by atoms with Crippen LogP contribution < -0.4 is 5.32 Å². The molecule has 1 aliphatic heterocycles. The number of carbonyl (C=O) groups excluding carboxylic acids is 1. The van der Waals surface area contributed by atoms with Crippen molar-refractivity contribution in [1.82, 2.24) is 20.4 Å². The Morgan fingerprint density at radius 1 is 1.55 bits per heavy atom. The maximum absolute atomic E-state index is 12.5. The zero-order chi connectivity index (χ0) is 15.2. The molecule has 7 heteroatoms. The van der Waals surface area contributed by atoms with E-state index in [4.69, 9.17) is 4.74 Å². The van der Waals surface area contributed by atoms with Crippen molar-refractivity contribution in [3.63, 3.8) is 0 Å². The van der Waals surface area contributed by atoms with Gasteiger partial charge >= 0.3 is 6.03 Å². The second-order valence-corrected chi connectivity index (χ2v) is 6.37. The van der Waals surface area contributed by atoms with Gasteiger partial charge in [0.25, 0.3) is 0 Å². The van der Waals surface area contributed by atoms with Crippen LogP contribution in [0.2, 0.25) is 0 Å². The molecule has 0 aliphatic carbocycles. The lowest BCUT2D eigenvalue weighted by Crippen LogP contribution is -2.42. The van der Waals surface area contributed by atoms with E-state index >= 15 is 0 Å². The zero-order valence-electron chi connectivity index (χ0n) is 12.3. The molecule has 2 amide bonds. The molecule has 2 N–H and O–H groups in total. The number of aromatic nitrogens is 2. The molecule has 0 radical (unpaired) electrons. The van der Waals surface area contributed by atoms with E-state index < -0.39 is 0 Å². The Balaban J connectivity index is 1.59. The summed E-state index contributed by atoms with van der Waals surface area (Å²) in [6.07, 6.45) is 3.93. The SMILES string of the molecule is O=C(NCc1ccn[nH]1)N(Cc1cccs1)C[C@H]1CCCO1. The van der Waals surface area contributed by atoms with Crippen molar-refractivity contribution in [2.75, 3.05) is 13.2 Å². The molecule has 1 aliphatic rings. The fourth-order valence-electron chi connectivity index (χ4n) is 2.51. The maximum atomic E-state index is 12.5. The Morgan fingerprint density at radius 3 is 3.18 bits per heavy atom. The summed E-state index contributed by atoms with van der Waals surface area (Å²) in [6, 6.07) is 5.84. The van der Waals surface area contributed by atoms with Gasteiger partial charge in [0.05, 0.1) is 24.9 Å². The molecule has 2 aromatic heterocycles. The Hall–Kier alpha value is -1.86. The maximum Gasteiger partial charge on any atom is 0.318 e. The highest BCUT2D eigenvalue weighted by molar-refractivity contribution is 7.09. The van der Waals surface area contributed by atoms with Crippen LogP contribution in [0.4, 0.5) is 4.79 Å². The fraction of sp³-hybridized carbons (Fsp3) is 0.467. The van der Waals surface area contributed by atoms with E-state index in [9.17, 15) is 4.79 Å². The van der Waals surface area contributed by atoms with E-state index in [1.54, 1.807) is 17.5 Å². The van der Waals surface area contributed by atoms with Gasteiger partial charge in [-0.25, -0.2) is 4.79 Å². The highest BCUT2D eigenvalue weighted by Gasteiger charge is 2.23. The van der Waals surface area contributed by atoms with Gasteiger partial charge in [-0.15, -0.1) is 11.3 Å². The highest BCUT2D eigenvalue weighted by Crippen LogP contribution is 2.17. The lowest BCUT2D eigenvalue weighted by molar-refractivity contribution is 0.0796. The lowest BCUT2D eigenvalue weighted by Gasteiger charge is -2.25. The van der Waals surface area contributed by atoms with Crippen LogP contribution in [0.15, 0.2) is 29.8 Å². The molecule has 0 saturated carbocycles. The van der Waals surface area contributed by atoms with Gasteiger partial charge < -0.3 is 15.0 Å². The monoisotopic (exact) mass is 320 g/mol. The van der Waals surface area contributed by atoms with Crippen LogP contribution in [0.25, 0.3) is 0 Å². The summed E-state index contributed by atoms with van der Waals surface area (Å²) in [7, 11) is 0. The summed E-state index contributed by atoms with van der Waals surface area (Å²) in [4.78, 5) is 15.5. The predicted molar refractivity (Wildman–Crippen MR) is 84.5 cm³/mol. The Labute approximate surface area is 133 Å². The number of hydrogen-bond acceptors (Lipinski definition) is 4. The van der Waals surface area contributed by atoms with E-state index in [0.29, 0.717) is 19.6 Å². The van der Waals surface area contributed by atoms with Crippen molar-refractivity contribution < 1.29 is 9.53 Å².